The molecule has 1 aromatic heterocycles. The number of fused-ring (bicyclic) bond motifs is 2. The average molecular weight is 294 g/mol. The Hall–Kier alpha value is -0.380. The molecule has 3 heteroatoms. The Morgan fingerprint density at radius 2 is 2.31 bits per heavy atom. The molecule has 2 aromatic rings. The largest absolute Gasteiger partial charge is 0.315 e. The van der Waals surface area contributed by atoms with Crippen LogP contribution in [0.5, 0.6) is 0 Å². The van der Waals surface area contributed by atoms with Crippen LogP contribution in [0.4, 0.5) is 0 Å². The molecule has 2 heterocycles. The van der Waals surface area contributed by atoms with Crippen LogP contribution in [-0.4, -0.2) is 13.1 Å². The quantitative estimate of drug-likeness (QED) is 0.848. The molecule has 1 aliphatic heterocycles. The zero-order chi connectivity index (χ0) is 10.8. The highest BCUT2D eigenvalue weighted by Gasteiger charge is 2.58. The molecule has 0 radical (unpaired) electrons. The van der Waals surface area contributed by atoms with E-state index in [-0.39, 0.29) is 0 Å². The first kappa shape index (κ1) is 9.63. The fraction of sp³-hybridized carbons (Fsp3) is 0.385. The van der Waals surface area contributed by atoms with Crippen molar-refractivity contribution in [1.82, 2.24) is 5.32 Å². The van der Waals surface area contributed by atoms with Gasteiger partial charge in [0.15, 0.2) is 0 Å². The summed E-state index contributed by atoms with van der Waals surface area (Å²) in [4.78, 5) is 1.59. The van der Waals surface area contributed by atoms with Crippen LogP contribution in [0.25, 0.3) is 10.1 Å². The van der Waals surface area contributed by atoms with Crippen LogP contribution in [0, 0.1) is 5.92 Å². The number of hydrogen-bond acceptors (Lipinski definition) is 2. The summed E-state index contributed by atoms with van der Waals surface area (Å²) in [5.74, 6) is 0.906. The molecule has 2 aliphatic rings. The molecule has 1 unspecified atom stereocenters. The van der Waals surface area contributed by atoms with Gasteiger partial charge in [-0.3, -0.25) is 0 Å². The predicted octanol–water partition coefficient (Wildman–Crippen LogP) is 3.52. The van der Waals surface area contributed by atoms with E-state index in [9.17, 15) is 0 Å². The average Bonchev–Trinajstić information content (AvgIpc) is 2.69. The van der Waals surface area contributed by atoms with Crippen molar-refractivity contribution < 1.29 is 0 Å². The Morgan fingerprint density at radius 1 is 1.38 bits per heavy atom. The molecule has 0 spiro atoms. The van der Waals surface area contributed by atoms with Gasteiger partial charge in [-0.1, -0.05) is 15.9 Å². The molecule has 4 rings (SSSR count). The highest BCUT2D eigenvalue weighted by atomic mass is 79.9. The molecule has 1 aromatic carbocycles. The lowest BCUT2D eigenvalue weighted by molar-refractivity contribution is 0.686. The molecule has 1 saturated carbocycles. The monoisotopic (exact) mass is 293 g/mol. The molecule has 2 fully saturated rings. The minimum atomic E-state index is 0.510. The summed E-state index contributed by atoms with van der Waals surface area (Å²) in [6.07, 6.45) is 1.40. The predicted molar refractivity (Wildman–Crippen MR) is 72.2 cm³/mol. The SMILES string of the molecule is Brc1ccc2sc(C34CNC[C@H]3C4)cc2c1. The third-order valence-electron chi connectivity index (χ3n) is 4.03. The van der Waals surface area contributed by atoms with E-state index in [0.717, 1.165) is 5.92 Å². The van der Waals surface area contributed by atoms with Crippen molar-refractivity contribution >= 4 is 37.4 Å². The lowest BCUT2D eigenvalue weighted by Gasteiger charge is -2.07. The van der Waals surface area contributed by atoms with Crippen molar-refractivity contribution in [1.29, 1.82) is 0 Å². The molecule has 0 amide bonds. The Balaban J connectivity index is 1.87. The zero-order valence-electron chi connectivity index (χ0n) is 8.79. The van der Waals surface area contributed by atoms with Crippen LogP contribution >= 0.6 is 27.3 Å². The smallest absolute Gasteiger partial charge is 0.0346 e. The van der Waals surface area contributed by atoms with Gasteiger partial charge < -0.3 is 5.32 Å². The summed E-state index contributed by atoms with van der Waals surface area (Å²) in [7, 11) is 0. The molecule has 1 nitrogen and oxygen atoms in total. The van der Waals surface area contributed by atoms with Crippen LogP contribution < -0.4 is 5.32 Å². The molecule has 1 N–H and O–H groups in total. The Morgan fingerprint density at radius 3 is 3.06 bits per heavy atom. The lowest BCUT2D eigenvalue weighted by Crippen LogP contribution is -2.18. The number of piperidine rings is 1. The second-order valence-electron chi connectivity index (χ2n) is 4.98. The van der Waals surface area contributed by atoms with E-state index in [1.54, 1.807) is 4.88 Å². The van der Waals surface area contributed by atoms with E-state index < -0.39 is 0 Å². The van der Waals surface area contributed by atoms with E-state index in [0.29, 0.717) is 5.41 Å². The fourth-order valence-electron chi connectivity index (χ4n) is 2.98. The van der Waals surface area contributed by atoms with Gasteiger partial charge >= 0.3 is 0 Å². The zero-order valence-corrected chi connectivity index (χ0v) is 11.2. The van der Waals surface area contributed by atoms with Crippen molar-refractivity contribution in [2.24, 2.45) is 5.92 Å². The van der Waals surface area contributed by atoms with Crippen LogP contribution in [0.1, 0.15) is 11.3 Å². The molecule has 0 bridgehead atoms. The van der Waals surface area contributed by atoms with Gasteiger partial charge in [-0.05, 0) is 48.5 Å². The van der Waals surface area contributed by atoms with Crippen LogP contribution in [0.3, 0.4) is 0 Å². The van der Waals surface area contributed by atoms with Gasteiger partial charge in [-0.25, -0.2) is 0 Å². The lowest BCUT2D eigenvalue weighted by atomic mass is 10.0. The first-order valence-electron chi connectivity index (χ1n) is 5.68. The fourth-order valence-corrected chi connectivity index (χ4v) is 4.68. The van der Waals surface area contributed by atoms with E-state index in [2.05, 4.69) is 45.5 Å². The maximum Gasteiger partial charge on any atom is 0.0346 e. The number of benzene rings is 1. The molecule has 1 aliphatic carbocycles. The normalized spacial score (nSPS) is 31.9. The number of thiophene rings is 1. The third kappa shape index (κ3) is 1.19. The van der Waals surface area contributed by atoms with Gasteiger partial charge in [0.05, 0.1) is 0 Å². The van der Waals surface area contributed by atoms with Crippen molar-refractivity contribution in [3.63, 3.8) is 0 Å². The van der Waals surface area contributed by atoms with E-state index in [4.69, 9.17) is 0 Å². The highest BCUT2D eigenvalue weighted by Crippen LogP contribution is 2.58. The Bertz CT molecular complexity index is 576. The van der Waals surface area contributed by atoms with Crippen molar-refractivity contribution in [2.45, 2.75) is 11.8 Å². The van der Waals surface area contributed by atoms with Crippen LogP contribution in [0.2, 0.25) is 0 Å². The standard InChI is InChI=1S/C13H12BrNS/c14-10-1-2-11-8(3-10)4-12(16-11)13-5-9(13)6-15-7-13/h1-4,9,15H,5-7H2/t9-,13?/m1/s1. The second kappa shape index (κ2) is 3.09. The summed E-state index contributed by atoms with van der Waals surface area (Å²) in [6, 6.07) is 8.99. The first-order chi connectivity index (χ1) is 7.78. The van der Waals surface area contributed by atoms with Crippen LogP contribution in [-0.2, 0) is 5.41 Å². The van der Waals surface area contributed by atoms with Gasteiger partial charge in [0, 0.05) is 26.0 Å². The van der Waals surface area contributed by atoms with Crippen molar-refractivity contribution in [3.8, 4) is 0 Å². The topological polar surface area (TPSA) is 12.0 Å². The van der Waals surface area contributed by atoms with E-state index in [1.807, 2.05) is 11.3 Å². The molecule has 2 atom stereocenters. The molecule has 16 heavy (non-hydrogen) atoms. The summed E-state index contributed by atoms with van der Waals surface area (Å²) in [5.41, 5.74) is 0.510. The van der Waals surface area contributed by atoms with Gasteiger partial charge in [0.1, 0.15) is 0 Å². The summed E-state index contributed by atoms with van der Waals surface area (Å²) >= 11 is 5.52. The van der Waals surface area contributed by atoms with Crippen LogP contribution in [0.15, 0.2) is 28.7 Å². The van der Waals surface area contributed by atoms with Gasteiger partial charge in [0.2, 0.25) is 0 Å². The maximum absolute atomic E-state index is 3.54. The molecule has 1 saturated heterocycles. The van der Waals surface area contributed by atoms with E-state index >= 15 is 0 Å². The number of halogens is 1. The summed E-state index contributed by atoms with van der Waals surface area (Å²) in [6.45, 7) is 2.41. The van der Waals surface area contributed by atoms with Crippen molar-refractivity contribution in [3.05, 3.63) is 33.6 Å². The minimum Gasteiger partial charge on any atom is -0.315 e. The molecular formula is C13H12BrNS. The number of nitrogens with one attached hydrogen (secondary N) is 1. The summed E-state index contributed by atoms with van der Waals surface area (Å²) < 4.78 is 2.60. The Kier molecular flexibility index (Phi) is 1.86. The maximum atomic E-state index is 3.54. The van der Waals surface area contributed by atoms with Gasteiger partial charge in [0.25, 0.3) is 0 Å². The second-order valence-corrected chi connectivity index (χ2v) is 6.98. The van der Waals surface area contributed by atoms with Gasteiger partial charge in [-0.15, -0.1) is 11.3 Å². The molecule has 82 valence electrons. The van der Waals surface area contributed by atoms with Gasteiger partial charge in [-0.2, -0.15) is 0 Å². The molecular weight excluding hydrogens is 282 g/mol. The first-order valence-corrected chi connectivity index (χ1v) is 7.29. The summed E-state index contributed by atoms with van der Waals surface area (Å²) in [5, 5.41) is 4.90. The van der Waals surface area contributed by atoms with Crippen molar-refractivity contribution in [2.75, 3.05) is 13.1 Å². The van der Waals surface area contributed by atoms with E-state index in [1.165, 1.54) is 34.1 Å². The number of hydrogen-bond donors (Lipinski definition) is 1. The third-order valence-corrected chi connectivity index (χ3v) is 5.86. The highest BCUT2D eigenvalue weighted by molar-refractivity contribution is 9.10. The Labute approximate surface area is 107 Å². The number of rotatable bonds is 1. The minimum absolute atomic E-state index is 0.510.